The van der Waals surface area contributed by atoms with Crippen molar-refractivity contribution in [3.8, 4) is 0 Å². The normalized spacial score (nSPS) is 13.3. The fourth-order valence-corrected chi connectivity index (χ4v) is 3.90. The molecule has 8 heteroatoms. The Hall–Kier alpha value is -2.09. The number of halogens is 3. The van der Waals surface area contributed by atoms with E-state index in [0.717, 1.165) is 17.3 Å². The Bertz CT molecular complexity index is 995. The van der Waals surface area contributed by atoms with Crippen molar-refractivity contribution in [1.82, 2.24) is 5.48 Å². The van der Waals surface area contributed by atoms with Gasteiger partial charge in [-0.25, -0.2) is 9.87 Å². The predicted molar refractivity (Wildman–Crippen MR) is 128 cm³/mol. The largest absolute Gasteiger partial charge is 0.351 e. The first kappa shape index (κ1) is 23.6. The van der Waals surface area contributed by atoms with Crippen LogP contribution in [0.1, 0.15) is 42.6 Å². The zero-order valence-electron chi connectivity index (χ0n) is 17.8. The van der Waals surface area contributed by atoms with Crippen LogP contribution in [0.4, 0.5) is 21.5 Å². The molecule has 3 rings (SSSR count). The molecular weight excluding hydrogens is 485 g/mol. The third-order valence-electron chi connectivity index (χ3n) is 5.13. The number of hydrogen-bond donors (Lipinski definition) is 2. The Morgan fingerprint density at radius 2 is 2.13 bits per heavy atom. The van der Waals surface area contributed by atoms with Crippen LogP contribution >= 0.6 is 27.5 Å². The molecule has 0 aliphatic heterocycles. The predicted octanol–water partition coefficient (Wildman–Crippen LogP) is 6.72. The topological polar surface area (TPSA) is 53.6 Å². The van der Waals surface area contributed by atoms with Gasteiger partial charge in [0.15, 0.2) is 5.82 Å². The minimum Gasteiger partial charge on any atom is -0.351 e. The number of rotatable bonds is 9. The summed E-state index contributed by atoms with van der Waals surface area (Å²) < 4.78 is 16.4. The molecule has 2 aromatic rings. The Morgan fingerprint density at radius 1 is 1.42 bits per heavy atom. The van der Waals surface area contributed by atoms with E-state index < -0.39 is 11.7 Å². The molecule has 2 aromatic carbocycles. The number of nitrogens with zero attached hydrogens (tertiary/aromatic N) is 1. The molecule has 1 saturated carbocycles. The average Bonchev–Trinajstić information content (AvgIpc) is 3.53. The van der Waals surface area contributed by atoms with Gasteiger partial charge in [-0.2, -0.15) is 0 Å². The average molecular weight is 511 g/mol. The summed E-state index contributed by atoms with van der Waals surface area (Å²) in [5.74, 6) is -0.609. The molecule has 0 unspecified atom stereocenters. The molecule has 0 bridgehead atoms. The van der Waals surface area contributed by atoms with E-state index in [2.05, 4.69) is 33.3 Å². The minimum atomic E-state index is -0.545. The maximum absolute atomic E-state index is 15.6. The first-order valence-corrected chi connectivity index (χ1v) is 11.3. The lowest BCUT2D eigenvalue weighted by Gasteiger charge is -2.28. The molecule has 0 saturated heterocycles. The lowest BCUT2D eigenvalue weighted by Crippen LogP contribution is -2.29. The standard InChI is InChI=1S/C23H26BrClFN3O2/c1-5-29(13(2)3)20-11-17(23(30)28-31-12-15-6-7-15)22(21(26)14(20)4)27-19-9-8-16(24)10-18(19)25/h5,8-11,13,15,27H,1,6-7,12H2,2-4H3,(H,28,30). The van der Waals surface area contributed by atoms with E-state index in [-0.39, 0.29) is 17.3 Å². The van der Waals surface area contributed by atoms with Gasteiger partial charge in [0.2, 0.25) is 0 Å². The smallest absolute Gasteiger partial charge is 0.277 e. The van der Waals surface area contributed by atoms with Gasteiger partial charge < -0.3 is 10.2 Å². The molecule has 2 N–H and O–H groups in total. The van der Waals surface area contributed by atoms with E-state index in [1.807, 2.05) is 18.7 Å². The number of hydroxylamine groups is 1. The molecule has 0 atom stereocenters. The summed E-state index contributed by atoms with van der Waals surface area (Å²) in [4.78, 5) is 20.1. The number of nitrogens with one attached hydrogen (secondary N) is 2. The highest BCUT2D eigenvalue weighted by Crippen LogP contribution is 2.37. The van der Waals surface area contributed by atoms with Gasteiger partial charge in [-0.3, -0.25) is 9.63 Å². The van der Waals surface area contributed by atoms with E-state index in [4.69, 9.17) is 16.4 Å². The van der Waals surface area contributed by atoms with Crippen molar-refractivity contribution in [1.29, 1.82) is 0 Å². The molecule has 1 amide bonds. The van der Waals surface area contributed by atoms with E-state index in [1.165, 1.54) is 0 Å². The fourth-order valence-electron chi connectivity index (χ4n) is 3.18. The van der Waals surface area contributed by atoms with Gasteiger partial charge in [0.05, 0.1) is 28.6 Å². The van der Waals surface area contributed by atoms with E-state index in [1.54, 1.807) is 37.4 Å². The zero-order valence-corrected chi connectivity index (χ0v) is 20.1. The first-order valence-electron chi connectivity index (χ1n) is 10.1. The molecule has 1 aliphatic carbocycles. The molecule has 0 heterocycles. The summed E-state index contributed by atoms with van der Waals surface area (Å²) >= 11 is 9.67. The van der Waals surface area contributed by atoms with Crippen LogP contribution in [0.5, 0.6) is 0 Å². The van der Waals surface area contributed by atoms with Crippen LogP contribution in [0.2, 0.25) is 5.02 Å². The van der Waals surface area contributed by atoms with Gasteiger partial charge in [0.1, 0.15) is 0 Å². The summed E-state index contributed by atoms with van der Waals surface area (Å²) in [6, 6.07) is 6.86. The summed E-state index contributed by atoms with van der Waals surface area (Å²) in [7, 11) is 0. The fraction of sp³-hybridized carbons (Fsp3) is 0.348. The number of hydrogen-bond acceptors (Lipinski definition) is 4. The van der Waals surface area contributed by atoms with Crippen molar-refractivity contribution in [3.63, 3.8) is 0 Å². The molecule has 31 heavy (non-hydrogen) atoms. The summed E-state index contributed by atoms with van der Waals surface area (Å²) in [5.41, 5.74) is 4.02. The SMILES string of the molecule is C=CN(c1cc(C(=O)NOCC2CC2)c(Nc2ccc(Br)cc2Cl)c(F)c1C)C(C)C. The van der Waals surface area contributed by atoms with Crippen molar-refractivity contribution >= 4 is 50.5 Å². The lowest BCUT2D eigenvalue weighted by molar-refractivity contribution is 0.0271. The van der Waals surface area contributed by atoms with Crippen molar-refractivity contribution in [2.24, 2.45) is 5.92 Å². The molecule has 5 nitrogen and oxygen atoms in total. The van der Waals surface area contributed by atoms with Gasteiger partial charge in [-0.1, -0.05) is 34.1 Å². The number of amides is 1. The van der Waals surface area contributed by atoms with Gasteiger partial charge in [-0.05, 0) is 70.0 Å². The van der Waals surface area contributed by atoms with Gasteiger partial charge in [0.25, 0.3) is 5.91 Å². The highest BCUT2D eigenvalue weighted by Gasteiger charge is 2.25. The van der Waals surface area contributed by atoms with Crippen LogP contribution < -0.4 is 15.7 Å². The van der Waals surface area contributed by atoms with Crippen LogP contribution in [-0.2, 0) is 4.84 Å². The Morgan fingerprint density at radius 3 is 2.71 bits per heavy atom. The van der Waals surface area contributed by atoms with Crippen molar-refractivity contribution in [2.75, 3.05) is 16.8 Å². The Kier molecular flexibility index (Phi) is 7.62. The number of carbonyl (C=O) groups excluding carboxylic acids is 1. The summed E-state index contributed by atoms with van der Waals surface area (Å²) in [6.45, 7) is 9.87. The molecule has 0 aromatic heterocycles. The maximum atomic E-state index is 15.6. The molecule has 1 aliphatic rings. The van der Waals surface area contributed by atoms with Crippen molar-refractivity contribution < 1.29 is 14.0 Å². The summed E-state index contributed by atoms with van der Waals surface area (Å²) in [5, 5.41) is 3.38. The van der Waals surface area contributed by atoms with Gasteiger partial charge in [-0.15, -0.1) is 0 Å². The van der Waals surface area contributed by atoms with Gasteiger partial charge >= 0.3 is 0 Å². The number of carbonyl (C=O) groups is 1. The van der Waals surface area contributed by atoms with Crippen molar-refractivity contribution in [2.45, 2.75) is 39.7 Å². The molecule has 1 fully saturated rings. The number of anilines is 3. The van der Waals surface area contributed by atoms with Crippen LogP contribution in [0, 0.1) is 18.7 Å². The number of benzene rings is 2. The zero-order chi connectivity index (χ0) is 22.7. The molecule has 166 valence electrons. The first-order chi connectivity index (χ1) is 14.7. The second kappa shape index (κ2) is 10.0. The van der Waals surface area contributed by atoms with Crippen LogP contribution in [0.3, 0.4) is 0 Å². The van der Waals surface area contributed by atoms with Gasteiger partial charge in [0, 0.05) is 21.8 Å². The maximum Gasteiger partial charge on any atom is 0.277 e. The third kappa shape index (κ3) is 5.59. The molecule has 0 radical (unpaired) electrons. The van der Waals surface area contributed by atoms with Crippen molar-refractivity contribution in [3.05, 3.63) is 63.5 Å². The molecular formula is C23H26BrClFN3O2. The van der Waals surface area contributed by atoms with E-state index in [9.17, 15) is 4.79 Å². The molecule has 0 spiro atoms. The third-order valence-corrected chi connectivity index (χ3v) is 5.94. The van der Waals surface area contributed by atoms with E-state index >= 15 is 4.39 Å². The Labute approximate surface area is 195 Å². The highest BCUT2D eigenvalue weighted by atomic mass is 79.9. The van der Waals surface area contributed by atoms with Crippen LogP contribution in [0.15, 0.2) is 41.5 Å². The quantitative estimate of drug-likeness (QED) is 0.368. The summed E-state index contributed by atoms with van der Waals surface area (Å²) in [6.07, 6.45) is 3.81. The lowest BCUT2D eigenvalue weighted by atomic mass is 10.0. The monoisotopic (exact) mass is 509 g/mol. The highest BCUT2D eigenvalue weighted by molar-refractivity contribution is 9.10. The minimum absolute atomic E-state index is 0.0253. The second-order valence-electron chi connectivity index (χ2n) is 7.88. The van der Waals surface area contributed by atoms with E-state index in [0.29, 0.717) is 34.5 Å². The second-order valence-corrected chi connectivity index (χ2v) is 9.20. The van der Waals surface area contributed by atoms with Crippen LogP contribution in [0.25, 0.3) is 0 Å². The Balaban J connectivity index is 2.04. The van der Waals surface area contributed by atoms with Crippen LogP contribution in [-0.4, -0.2) is 18.6 Å².